The Kier molecular flexibility index (Phi) is 6.37. The van der Waals surface area contributed by atoms with E-state index in [2.05, 4.69) is 5.32 Å². The SMILES string of the molecule is COCCCn1c(=N)c(C(=O)NCc2ccc(C)cc2)cc2c(=O)n3cccc(C)c3nc21. The summed E-state index contributed by atoms with van der Waals surface area (Å²) in [6.07, 6.45) is 2.28. The number of rotatable bonds is 7. The van der Waals surface area contributed by atoms with Crippen molar-refractivity contribution in [2.24, 2.45) is 0 Å². The molecule has 2 N–H and O–H groups in total. The van der Waals surface area contributed by atoms with Crippen molar-refractivity contribution in [3.8, 4) is 0 Å². The number of carbonyl (C=O) groups excluding carboxylic acids is 1. The van der Waals surface area contributed by atoms with Crippen molar-refractivity contribution in [3.63, 3.8) is 0 Å². The van der Waals surface area contributed by atoms with Gasteiger partial charge in [0, 0.05) is 33.0 Å². The lowest BCUT2D eigenvalue weighted by Crippen LogP contribution is -2.35. The van der Waals surface area contributed by atoms with E-state index in [1.807, 2.05) is 44.2 Å². The maximum Gasteiger partial charge on any atom is 0.267 e. The second-order valence-corrected chi connectivity index (χ2v) is 8.11. The number of methoxy groups -OCH3 is 1. The number of fused-ring (bicyclic) bond motifs is 2. The van der Waals surface area contributed by atoms with Crippen LogP contribution in [-0.2, 0) is 17.8 Å². The number of aromatic nitrogens is 3. The number of benzene rings is 1. The van der Waals surface area contributed by atoms with Gasteiger partial charge < -0.3 is 14.6 Å². The van der Waals surface area contributed by atoms with Crippen LogP contribution >= 0.6 is 0 Å². The molecular formula is C25H27N5O3. The second kappa shape index (κ2) is 9.38. The third kappa shape index (κ3) is 4.42. The van der Waals surface area contributed by atoms with E-state index in [1.54, 1.807) is 23.9 Å². The molecule has 0 unspecified atom stereocenters. The normalized spacial score (nSPS) is 11.2. The van der Waals surface area contributed by atoms with Crippen molar-refractivity contribution in [2.75, 3.05) is 13.7 Å². The van der Waals surface area contributed by atoms with Gasteiger partial charge in [0.05, 0.1) is 10.9 Å². The number of nitrogens with zero attached hydrogens (tertiary/aromatic N) is 3. The third-order valence-electron chi connectivity index (χ3n) is 5.68. The van der Waals surface area contributed by atoms with Gasteiger partial charge in [0.2, 0.25) is 0 Å². The van der Waals surface area contributed by atoms with Crippen LogP contribution in [0.5, 0.6) is 0 Å². The van der Waals surface area contributed by atoms with Crippen LogP contribution in [0.25, 0.3) is 16.7 Å². The van der Waals surface area contributed by atoms with Crippen LogP contribution in [0.2, 0.25) is 0 Å². The molecule has 0 radical (unpaired) electrons. The topological polar surface area (TPSA) is 101 Å². The molecule has 0 saturated carbocycles. The van der Waals surface area contributed by atoms with Gasteiger partial charge in [-0.15, -0.1) is 0 Å². The molecule has 3 heterocycles. The average Bonchev–Trinajstić information content (AvgIpc) is 2.81. The molecule has 0 aliphatic rings. The molecule has 0 aliphatic heterocycles. The van der Waals surface area contributed by atoms with E-state index < -0.39 is 5.91 Å². The number of amides is 1. The molecule has 8 heteroatoms. The van der Waals surface area contributed by atoms with Crippen LogP contribution in [0, 0.1) is 19.3 Å². The highest BCUT2D eigenvalue weighted by Gasteiger charge is 2.18. The van der Waals surface area contributed by atoms with Gasteiger partial charge in [-0.1, -0.05) is 35.9 Å². The Balaban J connectivity index is 1.83. The van der Waals surface area contributed by atoms with E-state index >= 15 is 0 Å². The summed E-state index contributed by atoms with van der Waals surface area (Å²) in [7, 11) is 1.61. The highest BCUT2D eigenvalue weighted by atomic mass is 16.5. The van der Waals surface area contributed by atoms with Gasteiger partial charge >= 0.3 is 0 Å². The monoisotopic (exact) mass is 445 g/mol. The van der Waals surface area contributed by atoms with Gasteiger partial charge in [-0.25, -0.2) is 4.98 Å². The van der Waals surface area contributed by atoms with Crippen LogP contribution in [0.4, 0.5) is 0 Å². The number of ether oxygens (including phenoxy) is 1. The summed E-state index contributed by atoms with van der Waals surface area (Å²) in [4.78, 5) is 31.1. The van der Waals surface area contributed by atoms with Crippen LogP contribution in [-0.4, -0.2) is 33.6 Å². The quantitative estimate of drug-likeness (QED) is 0.337. The molecular weight excluding hydrogens is 418 g/mol. The average molecular weight is 446 g/mol. The molecule has 0 fully saturated rings. The fourth-order valence-electron chi connectivity index (χ4n) is 3.84. The minimum Gasteiger partial charge on any atom is -0.385 e. The molecule has 0 spiro atoms. The second-order valence-electron chi connectivity index (χ2n) is 8.11. The summed E-state index contributed by atoms with van der Waals surface area (Å²) in [5.41, 5.74) is 3.76. The Hall–Kier alpha value is -3.78. The number of nitrogens with one attached hydrogen (secondary N) is 2. The molecule has 8 nitrogen and oxygen atoms in total. The third-order valence-corrected chi connectivity index (χ3v) is 5.68. The standard InChI is InChI=1S/C25H27N5O3/c1-16-7-9-18(10-8-16)15-27-24(31)19-14-20-23(29(21(19)26)12-5-13-33-3)28-22-17(2)6-4-11-30(22)25(20)32/h4,6-11,14,26H,5,12-13,15H2,1-3H3,(H,27,31). The first-order chi connectivity index (χ1) is 15.9. The summed E-state index contributed by atoms with van der Waals surface area (Å²) in [5, 5.41) is 11.9. The molecule has 33 heavy (non-hydrogen) atoms. The Bertz CT molecular complexity index is 1450. The molecule has 0 atom stereocenters. The Morgan fingerprint density at radius 2 is 1.91 bits per heavy atom. The molecule has 0 saturated heterocycles. The Labute approximate surface area is 191 Å². The number of aryl methyl sites for hydroxylation is 3. The van der Waals surface area contributed by atoms with Crippen molar-refractivity contribution >= 4 is 22.6 Å². The largest absolute Gasteiger partial charge is 0.385 e. The van der Waals surface area contributed by atoms with Crippen molar-refractivity contribution in [2.45, 2.75) is 33.4 Å². The van der Waals surface area contributed by atoms with Crippen LogP contribution in [0.1, 0.15) is 33.5 Å². The number of hydrogen-bond donors (Lipinski definition) is 2. The number of pyridine rings is 2. The first-order valence-electron chi connectivity index (χ1n) is 10.8. The van der Waals surface area contributed by atoms with Gasteiger partial charge in [-0.3, -0.25) is 19.4 Å². The van der Waals surface area contributed by atoms with Crippen molar-refractivity contribution in [1.82, 2.24) is 19.3 Å². The first-order valence-corrected chi connectivity index (χ1v) is 10.8. The summed E-state index contributed by atoms with van der Waals surface area (Å²) >= 11 is 0. The minimum atomic E-state index is -0.406. The maximum absolute atomic E-state index is 13.3. The van der Waals surface area contributed by atoms with E-state index in [-0.39, 0.29) is 16.6 Å². The van der Waals surface area contributed by atoms with Gasteiger partial charge in [0.15, 0.2) is 0 Å². The van der Waals surface area contributed by atoms with Gasteiger partial charge in [0.1, 0.15) is 16.8 Å². The number of hydrogen-bond acceptors (Lipinski definition) is 5. The van der Waals surface area contributed by atoms with Crippen LogP contribution < -0.4 is 16.4 Å². The fourth-order valence-corrected chi connectivity index (χ4v) is 3.84. The molecule has 4 aromatic rings. The molecule has 1 aromatic carbocycles. The van der Waals surface area contributed by atoms with Crippen molar-refractivity contribution < 1.29 is 9.53 Å². The zero-order chi connectivity index (χ0) is 23.5. The number of carbonyl (C=O) groups is 1. The molecule has 1 amide bonds. The highest BCUT2D eigenvalue weighted by molar-refractivity contribution is 5.96. The lowest BCUT2D eigenvalue weighted by atomic mass is 10.1. The minimum absolute atomic E-state index is 0.0184. The van der Waals surface area contributed by atoms with Gasteiger partial charge in [-0.05, 0) is 43.5 Å². The Morgan fingerprint density at radius 3 is 2.64 bits per heavy atom. The van der Waals surface area contributed by atoms with Crippen molar-refractivity contribution in [1.29, 1.82) is 5.41 Å². The van der Waals surface area contributed by atoms with E-state index in [1.165, 1.54) is 10.5 Å². The summed E-state index contributed by atoms with van der Waals surface area (Å²) in [6.45, 7) is 5.11. The summed E-state index contributed by atoms with van der Waals surface area (Å²) in [5.74, 6) is -0.406. The van der Waals surface area contributed by atoms with E-state index in [9.17, 15) is 9.59 Å². The smallest absolute Gasteiger partial charge is 0.267 e. The highest BCUT2D eigenvalue weighted by Crippen LogP contribution is 2.13. The zero-order valence-corrected chi connectivity index (χ0v) is 19.0. The fraction of sp³-hybridized carbons (Fsp3) is 0.280. The molecule has 0 bridgehead atoms. The van der Waals surface area contributed by atoms with Gasteiger partial charge in [0.25, 0.3) is 11.5 Å². The van der Waals surface area contributed by atoms with Crippen LogP contribution in [0.15, 0.2) is 53.5 Å². The van der Waals surface area contributed by atoms with E-state index in [0.717, 1.165) is 16.7 Å². The van der Waals surface area contributed by atoms with Crippen LogP contribution in [0.3, 0.4) is 0 Å². The van der Waals surface area contributed by atoms with E-state index in [4.69, 9.17) is 15.1 Å². The molecule has 0 aliphatic carbocycles. The lowest BCUT2D eigenvalue weighted by molar-refractivity contribution is 0.0948. The molecule has 3 aromatic heterocycles. The molecule has 170 valence electrons. The maximum atomic E-state index is 13.3. The predicted octanol–water partition coefficient (Wildman–Crippen LogP) is 2.71. The van der Waals surface area contributed by atoms with E-state index in [0.29, 0.717) is 42.8 Å². The van der Waals surface area contributed by atoms with Crippen molar-refractivity contribution in [3.05, 3.63) is 86.8 Å². The summed E-state index contributed by atoms with van der Waals surface area (Å²) in [6, 6.07) is 13.0. The first kappa shape index (κ1) is 22.4. The predicted molar refractivity (Wildman–Crippen MR) is 126 cm³/mol. The zero-order valence-electron chi connectivity index (χ0n) is 19.0. The Morgan fingerprint density at radius 1 is 1.15 bits per heavy atom. The molecule has 4 rings (SSSR count). The van der Waals surface area contributed by atoms with Gasteiger partial charge in [-0.2, -0.15) is 0 Å². The summed E-state index contributed by atoms with van der Waals surface area (Å²) < 4.78 is 8.27. The lowest BCUT2D eigenvalue weighted by Gasteiger charge is -2.15.